The molecule has 2 heterocycles. The smallest absolute Gasteiger partial charge is 0.263 e. The molecule has 0 aliphatic heterocycles. The summed E-state index contributed by atoms with van der Waals surface area (Å²) in [6, 6.07) is 10.2. The number of carbonyl (C=O) groups excluding carboxylic acids is 1. The molecule has 1 N–H and O–H groups in total. The minimum Gasteiger partial charge on any atom is -0.469 e. The Morgan fingerprint density at radius 1 is 1.31 bits per heavy atom. The Kier molecular flexibility index (Phi) is 5.83. The van der Waals surface area contributed by atoms with Gasteiger partial charge in [0.05, 0.1) is 17.0 Å². The number of carbonyl (C=O) groups is 1. The number of nitrogens with one attached hydrogen (secondary N) is 1. The van der Waals surface area contributed by atoms with Gasteiger partial charge in [0.1, 0.15) is 16.5 Å². The maximum absolute atomic E-state index is 13.0. The summed E-state index contributed by atoms with van der Waals surface area (Å²) in [5.41, 5.74) is 1.70. The Labute approximate surface area is 156 Å². The second-order valence-corrected chi connectivity index (χ2v) is 7.40. The van der Waals surface area contributed by atoms with Gasteiger partial charge in [0.15, 0.2) is 0 Å². The van der Waals surface area contributed by atoms with E-state index in [9.17, 15) is 9.18 Å². The summed E-state index contributed by atoms with van der Waals surface area (Å²) in [7, 11) is 0. The molecule has 2 aromatic heterocycles. The third-order valence-electron chi connectivity index (χ3n) is 4.10. The highest BCUT2D eigenvalue weighted by Crippen LogP contribution is 2.21. The zero-order valence-electron chi connectivity index (χ0n) is 14.8. The molecule has 0 spiro atoms. The number of aryl methyl sites for hydroxylation is 2. The number of hydrogen-bond acceptors (Lipinski definition) is 4. The highest BCUT2D eigenvalue weighted by Gasteiger charge is 2.17. The van der Waals surface area contributed by atoms with Crippen LogP contribution in [0.15, 0.2) is 47.1 Å². The van der Waals surface area contributed by atoms with Crippen molar-refractivity contribution >= 4 is 17.2 Å². The summed E-state index contributed by atoms with van der Waals surface area (Å²) in [6.07, 6.45) is 3.83. The fourth-order valence-corrected chi connectivity index (χ4v) is 3.69. The molecule has 0 radical (unpaired) electrons. The summed E-state index contributed by atoms with van der Waals surface area (Å²) in [5.74, 6) is 0.562. The third-order valence-corrected chi connectivity index (χ3v) is 5.25. The van der Waals surface area contributed by atoms with E-state index in [2.05, 4.69) is 10.3 Å². The van der Waals surface area contributed by atoms with Gasteiger partial charge in [0, 0.05) is 18.9 Å². The zero-order valence-corrected chi connectivity index (χ0v) is 15.6. The quantitative estimate of drug-likeness (QED) is 0.663. The maximum Gasteiger partial charge on any atom is 0.263 e. The standard InChI is InChI=1S/C20H21FN2O2S/c1-13(5-10-17-4-3-11-25-17)22-20(24)19-14(2)23-18(26-19)12-15-6-8-16(21)9-7-15/h3-4,6-9,11,13H,5,10,12H2,1-2H3,(H,22,24). The molecule has 136 valence electrons. The molecule has 0 saturated carbocycles. The molecule has 0 aliphatic rings. The highest BCUT2D eigenvalue weighted by molar-refractivity contribution is 7.13. The predicted octanol–water partition coefficient (Wildman–Crippen LogP) is 4.53. The van der Waals surface area contributed by atoms with Gasteiger partial charge in [-0.15, -0.1) is 11.3 Å². The molecule has 4 nitrogen and oxygen atoms in total. The van der Waals surface area contributed by atoms with Gasteiger partial charge < -0.3 is 9.73 Å². The molecule has 1 aromatic carbocycles. The van der Waals surface area contributed by atoms with E-state index in [1.54, 1.807) is 18.4 Å². The van der Waals surface area contributed by atoms with Crippen LogP contribution in [0.4, 0.5) is 4.39 Å². The Morgan fingerprint density at radius 3 is 2.77 bits per heavy atom. The maximum atomic E-state index is 13.0. The van der Waals surface area contributed by atoms with Crippen molar-refractivity contribution in [3.63, 3.8) is 0 Å². The normalized spacial score (nSPS) is 12.1. The first-order valence-electron chi connectivity index (χ1n) is 8.55. The van der Waals surface area contributed by atoms with E-state index < -0.39 is 0 Å². The van der Waals surface area contributed by atoms with E-state index >= 15 is 0 Å². The first kappa shape index (κ1) is 18.3. The Balaban J connectivity index is 1.58. The first-order chi connectivity index (χ1) is 12.5. The Hall–Kier alpha value is -2.47. The second kappa shape index (κ2) is 8.27. The first-order valence-corrected chi connectivity index (χ1v) is 9.37. The molecule has 1 unspecified atom stereocenters. The van der Waals surface area contributed by atoms with Crippen LogP contribution in [0.1, 0.15) is 45.0 Å². The number of halogens is 1. The molecule has 0 fully saturated rings. The van der Waals surface area contributed by atoms with Crippen LogP contribution in [0.5, 0.6) is 0 Å². The molecule has 3 aromatic rings. The van der Waals surface area contributed by atoms with Gasteiger partial charge in [0.25, 0.3) is 5.91 Å². The molecule has 0 saturated heterocycles. The van der Waals surface area contributed by atoms with Crippen LogP contribution >= 0.6 is 11.3 Å². The summed E-state index contributed by atoms with van der Waals surface area (Å²) < 4.78 is 18.3. The molecular weight excluding hydrogens is 351 g/mol. The van der Waals surface area contributed by atoms with Gasteiger partial charge in [-0.1, -0.05) is 12.1 Å². The predicted molar refractivity (Wildman–Crippen MR) is 100 cm³/mol. The Bertz CT molecular complexity index is 857. The fourth-order valence-electron chi connectivity index (χ4n) is 2.69. The SMILES string of the molecule is Cc1nc(Cc2ccc(F)cc2)sc1C(=O)NC(C)CCc1ccco1. The van der Waals surface area contributed by atoms with Crippen LogP contribution in [0.2, 0.25) is 0 Å². The minimum absolute atomic E-state index is 0.0367. The van der Waals surface area contributed by atoms with Crippen molar-refractivity contribution in [1.29, 1.82) is 0 Å². The van der Waals surface area contributed by atoms with Gasteiger partial charge in [-0.25, -0.2) is 9.37 Å². The van der Waals surface area contributed by atoms with Gasteiger partial charge >= 0.3 is 0 Å². The number of aromatic nitrogens is 1. The van der Waals surface area contributed by atoms with Crippen molar-refractivity contribution in [2.24, 2.45) is 0 Å². The van der Waals surface area contributed by atoms with Crippen molar-refractivity contribution in [2.45, 2.75) is 39.2 Å². The molecule has 26 heavy (non-hydrogen) atoms. The van der Waals surface area contributed by atoms with Crippen molar-refractivity contribution in [2.75, 3.05) is 0 Å². The molecule has 1 atom stereocenters. The molecule has 3 rings (SSSR count). The Morgan fingerprint density at radius 2 is 2.08 bits per heavy atom. The van der Waals surface area contributed by atoms with Crippen LogP contribution < -0.4 is 5.32 Å². The number of nitrogens with zero attached hydrogens (tertiary/aromatic N) is 1. The largest absolute Gasteiger partial charge is 0.469 e. The van der Waals surface area contributed by atoms with Gasteiger partial charge in [-0.3, -0.25) is 4.79 Å². The topological polar surface area (TPSA) is 55.1 Å². The average molecular weight is 372 g/mol. The average Bonchev–Trinajstić information content (AvgIpc) is 3.25. The van der Waals surface area contributed by atoms with Gasteiger partial charge in [0.2, 0.25) is 0 Å². The van der Waals surface area contributed by atoms with Crippen molar-refractivity contribution in [3.8, 4) is 0 Å². The van der Waals surface area contributed by atoms with Crippen LogP contribution in [-0.2, 0) is 12.8 Å². The van der Waals surface area contributed by atoms with Crippen LogP contribution in [0.25, 0.3) is 0 Å². The molecule has 1 amide bonds. The summed E-state index contributed by atoms with van der Waals surface area (Å²) >= 11 is 1.39. The van der Waals surface area contributed by atoms with Gasteiger partial charge in [-0.2, -0.15) is 0 Å². The van der Waals surface area contributed by atoms with Crippen molar-refractivity contribution < 1.29 is 13.6 Å². The number of benzene rings is 1. The second-order valence-electron chi connectivity index (χ2n) is 6.32. The van der Waals surface area contributed by atoms with E-state index in [1.807, 2.05) is 26.0 Å². The summed E-state index contributed by atoms with van der Waals surface area (Å²) in [4.78, 5) is 17.7. The van der Waals surface area contributed by atoms with E-state index in [0.717, 1.165) is 34.9 Å². The van der Waals surface area contributed by atoms with Gasteiger partial charge in [-0.05, 0) is 50.1 Å². The van der Waals surface area contributed by atoms with E-state index in [-0.39, 0.29) is 17.8 Å². The lowest BCUT2D eigenvalue weighted by Crippen LogP contribution is -2.32. The number of hydrogen-bond donors (Lipinski definition) is 1. The number of rotatable bonds is 7. The molecule has 6 heteroatoms. The number of thiazole rings is 1. The van der Waals surface area contributed by atoms with E-state index in [0.29, 0.717) is 11.3 Å². The molecule has 0 aliphatic carbocycles. The molecule has 0 bridgehead atoms. The molecular formula is C20H21FN2O2S. The lowest BCUT2D eigenvalue weighted by molar-refractivity contribution is 0.0941. The van der Waals surface area contributed by atoms with Crippen molar-refractivity contribution in [1.82, 2.24) is 10.3 Å². The third kappa shape index (κ3) is 4.79. The minimum atomic E-state index is -0.257. The lowest BCUT2D eigenvalue weighted by atomic mass is 10.1. The van der Waals surface area contributed by atoms with E-state index in [4.69, 9.17) is 4.42 Å². The summed E-state index contributed by atoms with van der Waals surface area (Å²) in [5, 5.41) is 3.87. The summed E-state index contributed by atoms with van der Waals surface area (Å²) in [6.45, 7) is 3.82. The van der Waals surface area contributed by atoms with E-state index in [1.165, 1.54) is 23.5 Å². The number of furan rings is 1. The number of amides is 1. The highest BCUT2D eigenvalue weighted by atomic mass is 32.1. The fraction of sp³-hybridized carbons (Fsp3) is 0.300. The van der Waals surface area contributed by atoms with Crippen molar-refractivity contribution in [3.05, 3.63) is 75.4 Å². The zero-order chi connectivity index (χ0) is 18.5. The van der Waals surface area contributed by atoms with Crippen LogP contribution in [0, 0.1) is 12.7 Å². The van der Waals surface area contributed by atoms with Crippen LogP contribution in [0.3, 0.4) is 0 Å². The monoisotopic (exact) mass is 372 g/mol. The van der Waals surface area contributed by atoms with Crippen LogP contribution in [-0.4, -0.2) is 16.9 Å². The lowest BCUT2D eigenvalue weighted by Gasteiger charge is -2.12.